The number of aromatic nitrogens is 2. The molecule has 0 saturated carbocycles. The average molecular weight is 490 g/mol. The van der Waals surface area contributed by atoms with E-state index < -0.39 is 0 Å². The Hall–Kier alpha value is -2.94. The predicted octanol–water partition coefficient (Wildman–Crippen LogP) is 3.14. The lowest BCUT2D eigenvalue weighted by molar-refractivity contribution is 0.0663. The number of hydrogen-bond donors (Lipinski definition) is 2. The van der Waals surface area contributed by atoms with E-state index in [0.717, 1.165) is 76.3 Å². The molecule has 2 fully saturated rings. The molecule has 1 amide bonds. The lowest BCUT2D eigenvalue weighted by atomic mass is 9.93. The number of aromatic amines is 1. The zero-order valence-electron chi connectivity index (χ0n) is 21.0. The Morgan fingerprint density at radius 3 is 2.67 bits per heavy atom. The van der Waals surface area contributed by atoms with E-state index in [1.165, 1.54) is 16.7 Å². The molecule has 0 spiro atoms. The molecular formula is C28H35N5O3. The summed E-state index contributed by atoms with van der Waals surface area (Å²) in [6.07, 6.45) is 2.95. The van der Waals surface area contributed by atoms with Gasteiger partial charge in [-0.3, -0.25) is 14.8 Å². The molecule has 2 saturated heterocycles. The van der Waals surface area contributed by atoms with Crippen LogP contribution in [0.25, 0.3) is 10.9 Å². The SMILES string of the molecule is CN1CCN(Cc2ccc3c(c2)CN(C(=O)c2cc4c(CC5CCOCC5)[nH]nc4cc2O)C3)CC1. The number of amides is 1. The zero-order valence-corrected chi connectivity index (χ0v) is 21.0. The molecule has 6 rings (SSSR count). The molecule has 3 aromatic rings. The van der Waals surface area contributed by atoms with E-state index in [1.54, 1.807) is 6.07 Å². The van der Waals surface area contributed by atoms with Gasteiger partial charge < -0.3 is 19.6 Å². The van der Waals surface area contributed by atoms with Gasteiger partial charge in [-0.1, -0.05) is 18.2 Å². The van der Waals surface area contributed by atoms with Gasteiger partial charge in [0.05, 0.1) is 11.1 Å². The molecule has 1 aromatic heterocycles. The largest absolute Gasteiger partial charge is 0.507 e. The van der Waals surface area contributed by atoms with Crippen LogP contribution in [0, 0.1) is 5.92 Å². The molecule has 0 unspecified atom stereocenters. The third kappa shape index (κ3) is 4.73. The van der Waals surface area contributed by atoms with Gasteiger partial charge in [0, 0.05) is 76.2 Å². The fourth-order valence-electron chi connectivity index (χ4n) is 5.79. The molecule has 190 valence electrons. The van der Waals surface area contributed by atoms with Crippen molar-refractivity contribution in [3.63, 3.8) is 0 Å². The van der Waals surface area contributed by atoms with Crippen molar-refractivity contribution in [1.29, 1.82) is 0 Å². The topological polar surface area (TPSA) is 84.9 Å². The fraction of sp³-hybridized carbons (Fsp3) is 0.500. The minimum atomic E-state index is -0.135. The van der Waals surface area contributed by atoms with Crippen molar-refractivity contribution in [3.05, 3.63) is 58.3 Å². The number of nitrogens with zero attached hydrogens (tertiary/aromatic N) is 4. The first-order valence-electron chi connectivity index (χ1n) is 13.1. The Bertz CT molecular complexity index is 1260. The number of rotatable bonds is 5. The molecule has 0 radical (unpaired) electrons. The van der Waals surface area contributed by atoms with Gasteiger partial charge in [0.1, 0.15) is 5.75 Å². The molecule has 0 aliphatic carbocycles. The minimum absolute atomic E-state index is 0.0108. The molecule has 3 aliphatic rings. The predicted molar refractivity (Wildman–Crippen MR) is 138 cm³/mol. The van der Waals surface area contributed by atoms with Crippen molar-refractivity contribution < 1.29 is 14.6 Å². The van der Waals surface area contributed by atoms with Crippen molar-refractivity contribution in [2.75, 3.05) is 46.4 Å². The van der Waals surface area contributed by atoms with Gasteiger partial charge in [-0.05, 0) is 55.0 Å². The lowest BCUT2D eigenvalue weighted by Crippen LogP contribution is -2.43. The summed E-state index contributed by atoms with van der Waals surface area (Å²) in [5.74, 6) is 0.399. The normalized spacial score (nSPS) is 19.8. The van der Waals surface area contributed by atoms with Crippen LogP contribution in [0.5, 0.6) is 5.75 Å². The molecule has 8 nitrogen and oxygen atoms in total. The Morgan fingerprint density at radius 1 is 1.08 bits per heavy atom. The number of benzene rings is 2. The summed E-state index contributed by atoms with van der Waals surface area (Å²) in [5.41, 5.74) is 5.78. The highest BCUT2D eigenvalue weighted by atomic mass is 16.5. The second-order valence-electron chi connectivity index (χ2n) is 10.7. The monoisotopic (exact) mass is 489 g/mol. The van der Waals surface area contributed by atoms with Gasteiger partial charge in [-0.2, -0.15) is 5.10 Å². The second kappa shape index (κ2) is 9.84. The second-order valence-corrected chi connectivity index (χ2v) is 10.7. The summed E-state index contributed by atoms with van der Waals surface area (Å²) < 4.78 is 5.49. The number of fused-ring (bicyclic) bond motifs is 2. The number of hydrogen-bond acceptors (Lipinski definition) is 6. The fourth-order valence-corrected chi connectivity index (χ4v) is 5.79. The maximum Gasteiger partial charge on any atom is 0.258 e. The highest BCUT2D eigenvalue weighted by Gasteiger charge is 2.28. The Labute approximate surface area is 211 Å². The van der Waals surface area contributed by atoms with Crippen LogP contribution < -0.4 is 0 Å². The zero-order chi connectivity index (χ0) is 24.6. The quantitative estimate of drug-likeness (QED) is 0.573. The number of carbonyl (C=O) groups excluding carboxylic acids is 1. The Kier molecular flexibility index (Phi) is 6.41. The summed E-state index contributed by atoms with van der Waals surface area (Å²) in [7, 11) is 2.17. The van der Waals surface area contributed by atoms with E-state index in [2.05, 4.69) is 45.2 Å². The average Bonchev–Trinajstić information content (AvgIpc) is 3.48. The van der Waals surface area contributed by atoms with Crippen molar-refractivity contribution in [2.45, 2.75) is 38.9 Å². The highest BCUT2D eigenvalue weighted by Crippen LogP contribution is 2.32. The van der Waals surface area contributed by atoms with Crippen molar-refractivity contribution in [2.24, 2.45) is 5.92 Å². The number of carbonyl (C=O) groups is 1. The van der Waals surface area contributed by atoms with E-state index in [4.69, 9.17) is 4.74 Å². The van der Waals surface area contributed by atoms with Crippen molar-refractivity contribution in [1.82, 2.24) is 24.9 Å². The van der Waals surface area contributed by atoms with E-state index in [1.807, 2.05) is 11.0 Å². The van der Waals surface area contributed by atoms with Crippen LogP contribution >= 0.6 is 0 Å². The molecule has 4 heterocycles. The third-order valence-corrected chi connectivity index (χ3v) is 8.10. The summed E-state index contributed by atoms with van der Waals surface area (Å²) >= 11 is 0. The highest BCUT2D eigenvalue weighted by molar-refractivity contribution is 6.01. The summed E-state index contributed by atoms with van der Waals surface area (Å²) in [6, 6.07) is 10.1. The van der Waals surface area contributed by atoms with E-state index in [9.17, 15) is 9.90 Å². The smallest absolute Gasteiger partial charge is 0.258 e. The molecule has 2 N–H and O–H groups in total. The molecule has 3 aliphatic heterocycles. The van der Waals surface area contributed by atoms with Gasteiger partial charge in [0.25, 0.3) is 5.91 Å². The lowest BCUT2D eigenvalue weighted by Gasteiger charge is -2.32. The number of likely N-dealkylation sites (N-methyl/N-ethyl adjacent to an activating group) is 1. The molecule has 0 bridgehead atoms. The van der Waals surface area contributed by atoms with Gasteiger partial charge in [0.2, 0.25) is 0 Å². The molecule has 0 atom stereocenters. The minimum Gasteiger partial charge on any atom is -0.507 e. The van der Waals surface area contributed by atoms with E-state index >= 15 is 0 Å². The third-order valence-electron chi connectivity index (χ3n) is 8.10. The first kappa shape index (κ1) is 23.5. The Morgan fingerprint density at radius 2 is 1.86 bits per heavy atom. The van der Waals surface area contributed by atoms with E-state index in [-0.39, 0.29) is 11.7 Å². The maximum atomic E-state index is 13.5. The van der Waals surface area contributed by atoms with Gasteiger partial charge in [-0.25, -0.2) is 0 Å². The summed E-state index contributed by atoms with van der Waals surface area (Å²) in [4.78, 5) is 20.2. The van der Waals surface area contributed by atoms with Crippen molar-refractivity contribution >= 4 is 16.8 Å². The number of ether oxygens (including phenoxy) is 1. The van der Waals surface area contributed by atoms with Gasteiger partial charge >= 0.3 is 0 Å². The van der Waals surface area contributed by atoms with Crippen LogP contribution in [-0.4, -0.2) is 82.4 Å². The number of nitrogens with one attached hydrogen (secondary N) is 1. The first-order valence-corrected chi connectivity index (χ1v) is 13.1. The van der Waals surface area contributed by atoms with Crippen LogP contribution in [-0.2, 0) is 30.8 Å². The van der Waals surface area contributed by atoms with Crippen LogP contribution in [0.2, 0.25) is 0 Å². The van der Waals surface area contributed by atoms with Gasteiger partial charge in [0.15, 0.2) is 0 Å². The maximum absolute atomic E-state index is 13.5. The first-order chi connectivity index (χ1) is 17.5. The molecular weight excluding hydrogens is 454 g/mol. The summed E-state index contributed by atoms with van der Waals surface area (Å²) in [5, 5.41) is 19.2. The van der Waals surface area contributed by atoms with Gasteiger partial charge in [-0.15, -0.1) is 0 Å². The number of piperazine rings is 1. The Balaban J connectivity index is 1.17. The standard InChI is InChI=1S/C28H35N5O3/c1-31-6-8-32(9-7-31)16-20-2-3-21-17-33(18-22(21)12-20)28(35)24-14-23-25(13-19-4-10-36-11-5-19)29-30-26(23)15-27(24)34/h2-3,12,14-15,19,34H,4-11,13,16-18H2,1H3,(H,29,30). The molecule has 8 heteroatoms. The number of H-pyrrole nitrogens is 1. The van der Waals surface area contributed by atoms with Crippen molar-refractivity contribution in [3.8, 4) is 5.75 Å². The molecule has 2 aromatic carbocycles. The number of phenols is 1. The van der Waals surface area contributed by atoms with Crippen LogP contribution in [0.3, 0.4) is 0 Å². The number of aromatic hydroxyl groups is 1. The van der Waals surface area contributed by atoms with Crippen LogP contribution in [0.15, 0.2) is 30.3 Å². The van der Waals surface area contributed by atoms with Crippen LogP contribution in [0.1, 0.15) is 45.6 Å². The van der Waals surface area contributed by atoms with E-state index in [0.29, 0.717) is 30.1 Å². The van der Waals surface area contributed by atoms with Crippen LogP contribution in [0.4, 0.5) is 0 Å². The number of phenolic OH excluding ortho intramolecular Hbond substituents is 1. The summed E-state index contributed by atoms with van der Waals surface area (Å²) in [6.45, 7) is 8.08. The molecule has 36 heavy (non-hydrogen) atoms.